The van der Waals surface area contributed by atoms with Gasteiger partial charge in [0.05, 0.1) is 7.11 Å². The van der Waals surface area contributed by atoms with Gasteiger partial charge in [-0.1, -0.05) is 13.0 Å². The second kappa shape index (κ2) is 8.62. The lowest BCUT2D eigenvalue weighted by atomic mass is 9.79. The maximum absolute atomic E-state index is 12.6. The zero-order valence-electron chi connectivity index (χ0n) is 18.3. The molecule has 2 aromatic carbocycles. The van der Waals surface area contributed by atoms with Gasteiger partial charge in [-0.3, -0.25) is 4.79 Å². The van der Waals surface area contributed by atoms with Gasteiger partial charge in [-0.15, -0.1) is 0 Å². The summed E-state index contributed by atoms with van der Waals surface area (Å²) in [6.45, 7) is 9.91. The fourth-order valence-electron chi connectivity index (χ4n) is 4.39. The van der Waals surface area contributed by atoms with E-state index in [4.69, 9.17) is 4.74 Å². The molecule has 1 atom stereocenters. The minimum atomic E-state index is -0.426. The molecule has 0 bridgehead atoms. The van der Waals surface area contributed by atoms with Crippen LogP contribution < -0.4 is 15.0 Å². The largest absolute Gasteiger partial charge is 0.497 e. The fourth-order valence-corrected chi connectivity index (χ4v) is 4.39. The van der Waals surface area contributed by atoms with Gasteiger partial charge in [-0.2, -0.15) is 5.26 Å². The van der Waals surface area contributed by atoms with Gasteiger partial charge in [-0.05, 0) is 86.7 Å². The maximum Gasteiger partial charge on any atom is 0.266 e. The molecular weight excluding hydrogens is 374 g/mol. The number of amides is 1. The predicted octanol–water partition coefficient (Wildman–Crippen LogP) is 5.35. The number of benzene rings is 2. The van der Waals surface area contributed by atoms with E-state index in [1.54, 1.807) is 37.5 Å². The third kappa shape index (κ3) is 4.33. The summed E-state index contributed by atoms with van der Waals surface area (Å²) in [5, 5.41) is 12.3. The summed E-state index contributed by atoms with van der Waals surface area (Å²) in [6.07, 6.45) is 2.71. The van der Waals surface area contributed by atoms with Gasteiger partial charge in [0.2, 0.25) is 0 Å². The average molecular weight is 404 g/mol. The maximum atomic E-state index is 12.6. The van der Waals surface area contributed by atoms with Crippen LogP contribution in [0.3, 0.4) is 0 Å². The van der Waals surface area contributed by atoms with Crippen LogP contribution in [0.25, 0.3) is 6.08 Å². The molecule has 156 valence electrons. The molecule has 0 saturated carbocycles. The van der Waals surface area contributed by atoms with Gasteiger partial charge < -0.3 is 15.0 Å². The molecule has 1 aliphatic heterocycles. The minimum Gasteiger partial charge on any atom is -0.497 e. The predicted molar refractivity (Wildman–Crippen MR) is 122 cm³/mol. The van der Waals surface area contributed by atoms with Crippen molar-refractivity contribution in [3.05, 3.63) is 59.2 Å². The summed E-state index contributed by atoms with van der Waals surface area (Å²) in [5.74, 6) is 0.686. The smallest absolute Gasteiger partial charge is 0.266 e. The summed E-state index contributed by atoms with van der Waals surface area (Å²) in [4.78, 5) is 15.0. The molecule has 0 aromatic heterocycles. The molecule has 2 aromatic rings. The number of anilines is 2. The molecule has 3 rings (SSSR count). The molecule has 0 fully saturated rings. The molecule has 1 aliphatic rings. The van der Waals surface area contributed by atoms with Crippen molar-refractivity contribution in [1.82, 2.24) is 0 Å². The molecule has 5 nitrogen and oxygen atoms in total. The number of nitriles is 1. The molecule has 1 amide bonds. The number of nitrogens with one attached hydrogen (secondary N) is 1. The Labute approximate surface area is 179 Å². The number of carbonyl (C=O) groups is 1. The quantitative estimate of drug-likeness (QED) is 0.540. The monoisotopic (exact) mass is 403 g/mol. The average Bonchev–Trinajstić information content (AvgIpc) is 2.72. The standard InChI is InChI=1S/C25H29N3O2/c1-6-28-23-12-7-18(14-22(23)17(2)15-25(28,3)4)13-19(16-26)24(29)27-20-8-10-21(30-5)11-9-20/h7-14,17H,6,15H2,1-5H3,(H,27,29)/b19-13-. The van der Waals surface area contributed by atoms with Crippen molar-refractivity contribution >= 4 is 23.4 Å². The van der Waals surface area contributed by atoms with E-state index < -0.39 is 5.91 Å². The SMILES string of the molecule is CCN1c2ccc(/C=C(/C#N)C(=O)Nc3ccc(OC)cc3)cc2C(C)CC1(C)C. The Bertz CT molecular complexity index is 1000. The Morgan fingerprint density at radius 3 is 2.60 bits per heavy atom. The number of hydrogen-bond donors (Lipinski definition) is 1. The molecule has 1 N–H and O–H groups in total. The van der Waals surface area contributed by atoms with Crippen LogP contribution in [0.2, 0.25) is 0 Å². The van der Waals surface area contributed by atoms with Gasteiger partial charge in [0, 0.05) is 23.5 Å². The summed E-state index contributed by atoms with van der Waals surface area (Å²) >= 11 is 0. The van der Waals surface area contributed by atoms with E-state index in [-0.39, 0.29) is 11.1 Å². The van der Waals surface area contributed by atoms with Crippen LogP contribution in [-0.2, 0) is 4.79 Å². The molecule has 0 radical (unpaired) electrons. The molecule has 30 heavy (non-hydrogen) atoms. The van der Waals surface area contributed by atoms with Crippen LogP contribution in [0, 0.1) is 11.3 Å². The van der Waals surface area contributed by atoms with Crippen molar-refractivity contribution in [2.75, 3.05) is 23.9 Å². The van der Waals surface area contributed by atoms with Crippen LogP contribution in [-0.4, -0.2) is 25.1 Å². The number of hydrogen-bond acceptors (Lipinski definition) is 4. The third-order valence-electron chi connectivity index (χ3n) is 5.75. The van der Waals surface area contributed by atoms with E-state index >= 15 is 0 Å². The first-order valence-corrected chi connectivity index (χ1v) is 10.3. The van der Waals surface area contributed by atoms with Crippen LogP contribution in [0.5, 0.6) is 5.75 Å². The molecule has 1 heterocycles. The second-order valence-corrected chi connectivity index (χ2v) is 8.33. The van der Waals surface area contributed by atoms with E-state index in [2.05, 4.69) is 50.0 Å². The highest BCUT2D eigenvalue weighted by atomic mass is 16.5. The molecule has 1 unspecified atom stereocenters. The topological polar surface area (TPSA) is 65.4 Å². The molecule has 5 heteroatoms. The van der Waals surface area contributed by atoms with Crippen molar-refractivity contribution in [2.24, 2.45) is 0 Å². The lowest BCUT2D eigenvalue weighted by molar-refractivity contribution is -0.112. The van der Waals surface area contributed by atoms with Gasteiger partial charge >= 0.3 is 0 Å². The summed E-state index contributed by atoms with van der Waals surface area (Å²) in [7, 11) is 1.59. The van der Waals surface area contributed by atoms with Gasteiger partial charge in [0.15, 0.2) is 0 Å². The van der Waals surface area contributed by atoms with E-state index in [0.29, 0.717) is 17.4 Å². The van der Waals surface area contributed by atoms with Crippen molar-refractivity contribution in [3.63, 3.8) is 0 Å². The zero-order chi connectivity index (χ0) is 21.9. The number of methoxy groups -OCH3 is 1. The van der Waals surface area contributed by atoms with Crippen LogP contribution >= 0.6 is 0 Å². The summed E-state index contributed by atoms with van der Waals surface area (Å²) in [5.41, 5.74) is 4.15. The molecule has 0 spiro atoms. The number of rotatable bonds is 5. The lowest BCUT2D eigenvalue weighted by Crippen LogP contribution is -2.48. The van der Waals surface area contributed by atoms with Crippen molar-refractivity contribution in [2.45, 2.75) is 45.6 Å². The Morgan fingerprint density at radius 2 is 2.00 bits per heavy atom. The number of nitrogens with zero attached hydrogens (tertiary/aromatic N) is 2. The first-order valence-electron chi connectivity index (χ1n) is 10.3. The van der Waals surface area contributed by atoms with Crippen molar-refractivity contribution in [1.29, 1.82) is 5.26 Å². The highest BCUT2D eigenvalue weighted by molar-refractivity contribution is 6.09. The molecule has 0 aliphatic carbocycles. The number of fused-ring (bicyclic) bond motifs is 1. The Balaban J connectivity index is 1.86. The zero-order valence-corrected chi connectivity index (χ0v) is 18.3. The minimum absolute atomic E-state index is 0.0712. The third-order valence-corrected chi connectivity index (χ3v) is 5.75. The van der Waals surface area contributed by atoms with Gasteiger partial charge in [0.25, 0.3) is 5.91 Å². The number of carbonyl (C=O) groups excluding carboxylic acids is 1. The van der Waals surface area contributed by atoms with E-state index in [0.717, 1.165) is 18.5 Å². The van der Waals surface area contributed by atoms with Gasteiger partial charge in [-0.25, -0.2) is 0 Å². The normalized spacial score (nSPS) is 17.7. The van der Waals surface area contributed by atoms with E-state index in [1.807, 2.05) is 12.1 Å². The molecular formula is C25H29N3O2. The fraction of sp³-hybridized carbons (Fsp3) is 0.360. The van der Waals surface area contributed by atoms with Crippen molar-refractivity contribution in [3.8, 4) is 11.8 Å². The summed E-state index contributed by atoms with van der Waals surface area (Å²) < 4.78 is 5.12. The van der Waals surface area contributed by atoms with Crippen LogP contribution in [0.1, 0.15) is 51.2 Å². The lowest BCUT2D eigenvalue weighted by Gasteiger charge is -2.47. The number of ether oxygens (including phenoxy) is 1. The first-order chi connectivity index (χ1) is 14.3. The van der Waals surface area contributed by atoms with Crippen molar-refractivity contribution < 1.29 is 9.53 Å². The summed E-state index contributed by atoms with van der Waals surface area (Å²) in [6, 6.07) is 15.2. The first kappa shape index (κ1) is 21.4. The highest BCUT2D eigenvalue weighted by Gasteiger charge is 2.35. The van der Waals surface area contributed by atoms with Crippen LogP contribution in [0.4, 0.5) is 11.4 Å². The Hall–Kier alpha value is -3.26. The second-order valence-electron chi connectivity index (χ2n) is 8.33. The van der Waals surface area contributed by atoms with Crippen LogP contribution in [0.15, 0.2) is 48.0 Å². The van der Waals surface area contributed by atoms with E-state index in [9.17, 15) is 10.1 Å². The highest BCUT2D eigenvalue weighted by Crippen LogP contribution is 2.43. The molecule has 0 saturated heterocycles. The van der Waals surface area contributed by atoms with E-state index in [1.165, 1.54) is 11.3 Å². The Morgan fingerprint density at radius 1 is 1.30 bits per heavy atom. The Kier molecular flexibility index (Phi) is 6.17. The van der Waals surface area contributed by atoms with Gasteiger partial charge in [0.1, 0.15) is 17.4 Å².